The minimum Gasteiger partial charge on any atom is -0.372 e. The maximum Gasteiger partial charge on any atom is 0.249 e. The van der Waals surface area contributed by atoms with Crippen LogP contribution in [-0.4, -0.2) is 27.2 Å². The van der Waals surface area contributed by atoms with Gasteiger partial charge in [-0.05, 0) is 18.6 Å². The average Bonchev–Trinajstić information content (AvgIpc) is 2.80. The Hall–Kier alpha value is -2.37. The van der Waals surface area contributed by atoms with Crippen LogP contribution >= 0.6 is 0 Å². The number of imide groups is 1. The van der Waals surface area contributed by atoms with E-state index in [1.165, 1.54) is 0 Å². The highest BCUT2D eigenvalue weighted by molar-refractivity contribution is 6.01. The Kier molecular flexibility index (Phi) is 2.47. The van der Waals surface area contributed by atoms with Gasteiger partial charge in [-0.15, -0.1) is 0 Å². The van der Waals surface area contributed by atoms with Crippen molar-refractivity contribution in [1.29, 1.82) is 0 Å². The molecule has 3 heterocycles. The van der Waals surface area contributed by atoms with Crippen molar-refractivity contribution < 1.29 is 9.59 Å². The minimum atomic E-state index is -0.358. The summed E-state index contributed by atoms with van der Waals surface area (Å²) in [5.74, 6) is -0.472. The van der Waals surface area contributed by atoms with E-state index in [0.717, 1.165) is 11.2 Å². The third kappa shape index (κ3) is 1.92. The summed E-state index contributed by atoms with van der Waals surface area (Å²) >= 11 is 0. The first-order valence-corrected chi connectivity index (χ1v) is 5.74. The van der Waals surface area contributed by atoms with Gasteiger partial charge in [0, 0.05) is 12.6 Å². The van der Waals surface area contributed by atoms with Crippen LogP contribution in [0, 0.1) is 0 Å². The van der Waals surface area contributed by atoms with Crippen molar-refractivity contribution in [2.24, 2.45) is 0 Å². The molecule has 0 spiro atoms. The molecule has 1 saturated heterocycles. The molecule has 1 atom stereocenters. The lowest BCUT2D eigenvalue weighted by atomic mass is 10.1. The highest BCUT2D eigenvalue weighted by atomic mass is 16.2. The molecule has 6 nitrogen and oxygen atoms in total. The molecule has 2 aromatic rings. The third-order valence-electron chi connectivity index (χ3n) is 2.99. The SMILES string of the molecule is O=C1CCC(Nc2ccc3cncn3c2)C(=O)N1. The molecule has 1 aliphatic rings. The molecular weight excluding hydrogens is 232 g/mol. The maximum atomic E-state index is 11.6. The number of nitrogens with one attached hydrogen (secondary N) is 2. The van der Waals surface area contributed by atoms with Gasteiger partial charge in [-0.2, -0.15) is 0 Å². The Balaban J connectivity index is 1.79. The van der Waals surface area contributed by atoms with Crippen LogP contribution in [-0.2, 0) is 9.59 Å². The number of hydrogen-bond acceptors (Lipinski definition) is 4. The number of fused-ring (bicyclic) bond motifs is 1. The molecule has 2 N–H and O–H groups in total. The van der Waals surface area contributed by atoms with Gasteiger partial charge in [0.1, 0.15) is 6.04 Å². The summed E-state index contributed by atoms with van der Waals surface area (Å²) in [6, 6.07) is 3.45. The number of carbonyl (C=O) groups excluding carboxylic acids is 2. The van der Waals surface area contributed by atoms with Crippen molar-refractivity contribution in [3.63, 3.8) is 0 Å². The highest BCUT2D eigenvalue weighted by Gasteiger charge is 2.26. The van der Waals surface area contributed by atoms with Crippen LogP contribution in [0.5, 0.6) is 0 Å². The summed E-state index contributed by atoms with van der Waals surface area (Å²) in [4.78, 5) is 26.7. The number of rotatable bonds is 2. The molecule has 0 aliphatic carbocycles. The molecule has 18 heavy (non-hydrogen) atoms. The normalized spacial score (nSPS) is 19.9. The van der Waals surface area contributed by atoms with E-state index in [2.05, 4.69) is 15.6 Å². The first-order chi connectivity index (χ1) is 8.72. The van der Waals surface area contributed by atoms with Gasteiger partial charge in [-0.25, -0.2) is 4.98 Å². The Morgan fingerprint density at radius 3 is 3.11 bits per heavy atom. The van der Waals surface area contributed by atoms with Gasteiger partial charge in [0.05, 0.1) is 23.7 Å². The largest absolute Gasteiger partial charge is 0.372 e. The van der Waals surface area contributed by atoms with Crippen LogP contribution in [0.2, 0.25) is 0 Å². The monoisotopic (exact) mass is 244 g/mol. The smallest absolute Gasteiger partial charge is 0.249 e. The summed E-state index contributed by atoms with van der Waals surface area (Å²) in [6.45, 7) is 0. The molecule has 2 aromatic heterocycles. The van der Waals surface area contributed by atoms with Gasteiger partial charge in [0.25, 0.3) is 0 Å². The van der Waals surface area contributed by atoms with Crippen LogP contribution in [0.4, 0.5) is 5.69 Å². The van der Waals surface area contributed by atoms with Crippen molar-refractivity contribution in [2.45, 2.75) is 18.9 Å². The molecule has 1 aliphatic heterocycles. The number of aromatic nitrogens is 2. The summed E-state index contributed by atoms with van der Waals surface area (Å²) < 4.78 is 1.87. The first kappa shape index (κ1) is 10.8. The molecule has 92 valence electrons. The van der Waals surface area contributed by atoms with E-state index in [0.29, 0.717) is 12.8 Å². The van der Waals surface area contributed by atoms with E-state index in [1.807, 2.05) is 22.7 Å². The number of pyridine rings is 1. The van der Waals surface area contributed by atoms with Crippen LogP contribution < -0.4 is 10.6 Å². The quantitative estimate of drug-likeness (QED) is 0.756. The number of amides is 2. The van der Waals surface area contributed by atoms with Crippen molar-refractivity contribution in [3.05, 3.63) is 30.9 Å². The van der Waals surface area contributed by atoms with E-state index >= 15 is 0 Å². The lowest BCUT2D eigenvalue weighted by Crippen LogP contribution is -2.47. The molecule has 6 heteroatoms. The summed E-state index contributed by atoms with van der Waals surface area (Å²) in [6.07, 6.45) is 6.22. The van der Waals surface area contributed by atoms with Crippen LogP contribution in [0.1, 0.15) is 12.8 Å². The van der Waals surface area contributed by atoms with Crippen molar-refractivity contribution in [3.8, 4) is 0 Å². The molecule has 3 rings (SSSR count). The van der Waals surface area contributed by atoms with Crippen molar-refractivity contribution >= 4 is 23.0 Å². The second kappa shape index (κ2) is 4.14. The maximum absolute atomic E-state index is 11.6. The predicted octanol–water partition coefficient (Wildman–Crippen LogP) is 0.551. The zero-order chi connectivity index (χ0) is 12.5. The van der Waals surface area contributed by atoms with E-state index < -0.39 is 0 Å². The van der Waals surface area contributed by atoms with Gasteiger partial charge < -0.3 is 9.72 Å². The van der Waals surface area contributed by atoms with Gasteiger partial charge in [0.15, 0.2) is 0 Å². The van der Waals surface area contributed by atoms with Gasteiger partial charge in [-0.3, -0.25) is 14.9 Å². The van der Waals surface area contributed by atoms with Gasteiger partial charge in [0.2, 0.25) is 11.8 Å². The molecule has 0 saturated carbocycles. The zero-order valence-corrected chi connectivity index (χ0v) is 9.59. The number of anilines is 1. The van der Waals surface area contributed by atoms with Crippen molar-refractivity contribution in [1.82, 2.24) is 14.7 Å². The minimum absolute atomic E-state index is 0.205. The summed E-state index contributed by atoms with van der Waals surface area (Å²) in [5, 5.41) is 5.44. The number of piperidine rings is 1. The lowest BCUT2D eigenvalue weighted by Gasteiger charge is -2.22. The first-order valence-electron chi connectivity index (χ1n) is 5.74. The topological polar surface area (TPSA) is 75.5 Å². The zero-order valence-electron chi connectivity index (χ0n) is 9.59. The summed E-state index contributed by atoms with van der Waals surface area (Å²) in [7, 11) is 0. The Bertz CT molecular complexity index is 619. The van der Waals surface area contributed by atoms with Gasteiger partial charge >= 0.3 is 0 Å². The molecule has 1 unspecified atom stereocenters. The van der Waals surface area contributed by atoms with E-state index in [-0.39, 0.29) is 17.9 Å². The second-order valence-corrected chi connectivity index (χ2v) is 4.29. The molecule has 0 radical (unpaired) electrons. The fourth-order valence-corrected chi connectivity index (χ4v) is 2.04. The number of hydrogen-bond donors (Lipinski definition) is 2. The van der Waals surface area contributed by atoms with E-state index in [1.54, 1.807) is 12.5 Å². The van der Waals surface area contributed by atoms with Crippen LogP contribution in [0.25, 0.3) is 5.52 Å². The summed E-state index contributed by atoms with van der Waals surface area (Å²) in [5.41, 5.74) is 1.82. The Morgan fingerprint density at radius 1 is 1.39 bits per heavy atom. The molecule has 0 bridgehead atoms. The standard InChI is InChI=1S/C12H12N4O2/c17-11-4-3-10(12(18)15-11)14-8-1-2-9-5-13-7-16(9)6-8/h1-2,5-7,10,14H,3-4H2,(H,15,17,18). The number of nitrogens with zero attached hydrogens (tertiary/aromatic N) is 2. The molecular formula is C12H12N4O2. The lowest BCUT2D eigenvalue weighted by molar-refractivity contribution is -0.133. The molecule has 1 fully saturated rings. The van der Waals surface area contributed by atoms with Crippen LogP contribution in [0.3, 0.4) is 0 Å². The van der Waals surface area contributed by atoms with E-state index in [9.17, 15) is 9.59 Å². The molecule has 0 aromatic carbocycles. The number of imidazole rings is 1. The van der Waals surface area contributed by atoms with Crippen LogP contribution in [0.15, 0.2) is 30.9 Å². The second-order valence-electron chi connectivity index (χ2n) is 4.29. The third-order valence-corrected chi connectivity index (χ3v) is 2.99. The highest BCUT2D eigenvalue weighted by Crippen LogP contribution is 2.15. The Labute approximate surface area is 103 Å². The van der Waals surface area contributed by atoms with Crippen molar-refractivity contribution in [2.75, 3.05) is 5.32 Å². The molecule has 2 amide bonds. The fourth-order valence-electron chi connectivity index (χ4n) is 2.04. The average molecular weight is 244 g/mol. The predicted molar refractivity (Wildman–Crippen MR) is 65.0 cm³/mol. The fraction of sp³-hybridized carbons (Fsp3) is 0.250. The van der Waals surface area contributed by atoms with Gasteiger partial charge in [-0.1, -0.05) is 0 Å². The van der Waals surface area contributed by atoms with E-state index in [4.69, 9.17) is 0 Å². The Morgan fingerprint density at radius 2 is 2.28 bits per heavy atom. The number of carbonyl (C=O) groups is 2.